The third-order valence-electron chi connectivity index (χ3n) is 4.17. The molecule has 1 aromatic heterocycles. The van der Waals surface area contributed by atoms with Gasteiger partial charge < -0.3 is 20.4 Å². The Morgan fingerprint density at radius 1 is 1.14 bits per heavy atom. The van der Waals surface area contributed by atoms with Crippen LogP contribution < -0.4 is 16.0 Å². The smallest absolute Gasteiger partial charge is 0.291 e. The lowest BCUT2D eigenvalue weighted by Gasteiger charge is -2.19. The van der Waals surface area contributed by atoms with Crippen molar-refractivity contribution in [3.8, 4) is 0 Å². The number of rotatable bonds is 8. The van der Waals surface area contributed by atoms with E-state index in [0.717, 1.165) is 23.6 Å². The Kier molecular flexibility index (Phi) is 10.7. The fraction of sp³-hybridized carbons (Fsp3) is 0.429. The van der Waals surface area contributed by atoms with Crippen LogP contribution in [0.4, 0.5) is 5.69 Å². The molecule has 0 saturated heterocycles. The molecule has 0 radical (unpaired) electrons. The van der Waals surface area contributed by atoms with E-state index in [1.54, 1.807) is 19.2 Å². The van der Waals surface area contributed by atoms with Crippen molar-refractivity contribution in [3.63, 3.8) is 0 Å². The number of carbonyl (C=O) groups is 1. The Labute approximate surface area is 184 Å². The summed E-state index contributed by atoms with van der Waals surface area (Å²) < 4.78 is 5.11. The number of halogens is 1. The van der Waals surface area contributed by atoms with Gasteiger partial charge in [0.2, 0.25) is 0 Å². The van der Waals surface area contributed by atoms with Gasteiger partial charge in [-0.25, -0.2) is 0 Å². The van der Waals surface area contributed by atoms with Gasteiger partial charge in [0.1, 0.15) is 0 Å². The summed E-state index contributed by atoms with van der Waals surface area (Å²) in [5.74, 6) is 1.50. The minimum Gasteiger partial charge on any atom is -0.459 e. The summed E-state index contributed by atoms with van der Waals surface area (Å²) in [5, 5.41) is 9.57. The Morgan fingerprint density at radius 3 is 2.57 bits per heavy atom. The summed E-state index contributed by atoms with van der Waals surface area (Å²) in [6, 6.07) is 11.4. The number of guanidine groups is 1. The van der Waals surface area contributed by atoms with Crippen molar-refractivity contribution in [2.75, 3.05) is 12.4 Å². The number of nitrogens with one attached hydrogen (secondary N) is 3. The van der Waals surface area contributed by atoms with Crippen LogP contribution in [0.1, 0.15) is 49.7 Å². The zero-order chi connectivity index (χ0) is 19.6. The number of hydrogen-bond donors (Lipinski definition) is 3. The van der Waals surface area contributed by atoms with Gasteiger partial charge >= 0.3 is 0 Å². The number of nitrogens with zero attached hydrogens (tertiary/aromatic N) is 1. The first-order valence-electron chi connectivity index (χ1n) is 9.39. The molecule has 1 aromatic carbocycles. The highest BCUT2D eigenvalue weighted by molar-refractivity contribution is 14.0. The molecule has 7 heteroatoms. The highest BCUT2D eigenvalue weighted by Crippen LogP contribution is 2.13. The Balaban J connectivity index is 0.00000392. The van der Waals surface area contributed by atoms with Crippen LogP contribution in [0.5, 0.6) is 0 Å². The molecule has 0 aliphatic heterocycles. The number of hydrogen-bond acceptors (Lipinski definition) is 3. The predicted octanol–water partition coefficient (Wildman–Crippen LogP) is 4.64. The van der Waals surface area contributed by atoms with Gasteiger partial charge in [0, 0.05) is 25.3 Å². The lowest BCUT2D eigenvalue weighted by molar-refractivity contribution is 0.0996. The first-order chi connectivity index (χ1) is 13.0. The third kappa shape index (κ3) is 8.33. The highest BCUT2D eigenvalue weighted by atomic mass is 127. The van der Waals surface area contributed by atoms with E-state index in [4.69, 9.17) is 4.42 Å². The van der Waals surface area contributed by atoms with Crippen LogP contribution in [-0.2, 0) is 6.54 Å². The molecular formula is C21H31IN4O2. The molecular weight excluding hydrogens is 467 g/mol. The van der Waals surface area contributed by atoms with Crippen molar-refractivity contribution in [2.24, 2.45) is 10.9 Å². The molecule has 154 valence electrons. The quantitative estimate of drug-likeness (QED) is 0.282. The van der Waals surface area contributed by atoms with Crippen LogP contribution in [0.2, 0.25) is 0 Å². The number of anilines is 1. The summed E-state index contributed by atoms with van der Waals surface area (Å²) >= 11 is 0. The molecule has 1 atom stereocenters. The Morgan fingerprint density at radius 2 is 1.93 bits per heavy atom. The van der Waals surface area contributed by atoms with Crippen molar-refractivity contribution in [3.05, 3.63) is 54.0 Å². The normalized spacial score (nSPS) is 12.2. The predicted molar refractivity (Wildman–Crippen MR) is 125 cm³/mol. The zero-order valence-electron chi connectivity index (χ0n) is 17.0. The van der Waals surface area contributed by atoms with Crippen LogP contribution in [0.25, 0.3) is 0 Å². The van der Waals surface area contributed by atoms with Gasteiger partial charge in [-0.1, -0.05) is 26.0 Å². The van der Waals surface area contributed by atoms with Crippen molar-refractivity contribution < 1.29 is 9.21 Å². The maximum absolute atomic E-state index is 12.1. The number of furan rings is 1. The van der Waals surface area contributed by atoms with Crippen molar-refractivity contribution >= 4 is 41.5 Å². The van der Waals surface area contributed by atoms with Gasteiger partial charge in [-0.15, -0.1) is 24.0 Å². The summed E-state index contributed by atoms with van der Waals surface area (Å²) in [6.45, 7) is 7.25. The molecule has 0 aliphatic carbocycles. The van der Waals surface area contributed by atoms with E-state index in [0.29, 0.717) is 24.3 Å². The maximum Gasteiger partial charge on any atom is 0.291 e. The van der Waals surface area contributed by atoms with Crippen LogP contribution in [0.3, 0.4) is 0 Å². The molecule has 0 aliphatic rings. The Hall–Kier alpha value is -2.03. The number of carbonyl (C=O) groups excluding carboxylic acids is 1. The van der Waals surface area contributed by atoms with Gasteiger partial charge in [0.05, 0.1) is 6.26 Å². The monoisotopic (exact) mass is 498 g/mol. The van der Waals surface area contributed by atoms with Crippen LogP contribution in [0.15, 0.2) is 52.1 Å². The van der Waals surface area contributed by atoms with Crippen LogP contribution >= 0.6 is 24.0 Å². The van der Waals surface area contributed by atoms with Crippen LogP contribution in [0, 0.1) is 5.92 Å². The summed E-state index contributed by atoms with van der Waals surface area (Å²) in [7, 11) is 1.77. The number of amides is 1. The Bertz CT molecular complexity index is 745. The third-order valence-corrected chi connectivity index (χ3v) is 4.17. The molecule has 0 fully saturated rings. The zero-order valence-corrected chi connectivity index (χ0v) is 19.3. The van der Waals surface area contributed by atoms with E-state index >= 15 is 0 Å². The second-order valence-corrected chi connectivity index (χ2v) is 7.07. The standard InChI is InChI=1S/C21H30N4O2.HI/c1-15(2)10-11-16(3)24-21(22-4)23-14-17-7-5-8-18(13-17)25-20(26)19-9-6-12-27-19;/h5-9,12-13,15-16H,10-11,14H2,1-4H3,(H,25,26)(H2,22,23,24);1H. The first kappa shape index (κ1) is 24.0. The topological polar surface area (TPSA) is 78.7 Å². The van der Waals surface area contributed by atoms with E-state index in [1.807, 2.05) is 24.3 Å². The molecule has 2 rings (SSSR count). The molecule has 28 heavy (non-hydrogen) atoms. The molecule has 1 amide bonds. The second-order valence-electron chi connectivity index (χ2n) is 7.07. The van der Waals surface area contributed by atoms with Crippen molar-refractivity contribution in [1.82, 2.24) is 10.6 Å². The average Bonchev–Trinajstić information content (AvgIpc) is 3.18. The minimum atomic E-state index is -0.262. The van der Waals surface area contributed by atoms with E-state index < -0.39 is 0 Å². The molecule has 0 bridgehead atoms. The second kappa shape index (κ2) is 12.4. The van der Waals surface area contributed by atoms with Crippen molar-refractivity contribution in [2.45, 2.75) is 46.2 Å². The SMILES string of the molecule is CN=C(NCc1cccc(NC(=O)c2ccco2)c1)NC(C)CCC(C)C.I. The lowest BCUT2D eigenvalue weighted by atomic mass is 10.0. The van der Waals surface area contributed by atoms with Crippen LogP contribution in [-0.4, -0.2) is 25.0 Å². The fourth-order valence-corrected chi connectivity index (χ4v) is 2.63. The lowest BCUT2D eigenvalue weighted by Crippen LogP contribution is -2.41. The van der Waals surface area contributed by atoms with Crippen molar-refractivity contribution in [1.29, 1.82) is 0 Å². The molecule has 3 N–H and O–H groups in total. The minimum absolute atomic E-state index is 0. The van der Waals surface area contributed by atoms with E-state index in [9.17, 15) is 4.79 Å². The molecule has 1 heterocycles. The molecule has 2 aromatic rings. The first-order valence-corrected chi connectivity index (χ1v) is 9.39. The van der Waals surface area contributed by atoms with Gasteiger partial charge in [0.15, 0.2) is 11.7 Å². The van der Waals surface area contributed by atoms with Gasteiger partial charge in [0.25, 0.3) is 5.91 Å². The summed E-state index contributed by atoms with van der Waals surface area (Å²) in [4.78, 5) is 16.4. The molecule has 6 nitrogen and oxygen atoms in total. The van der Waals surface area contributed by atoms with Gasteiger partial charge in [-0.05, 0) is 55.5 Å². The number of aliphatic imine (C=N–C) groups is 1. The maximum atomic E-state index is 12.1. The molecule has 1 unspecified atom stereocenters. The summed E-state index contributed by atoms with van der Waals surface area (Å²) in [6.07, 6.45) is 3.77. The van der Waals surface area contributed by atoms with E-state index in [1.165, 1.54) is 12.7 Å². The highest BCUT2D eigenvalue weighted by Gasteiger charge is 2.09. The fourth-order valence-electron chi connectivity index (χ4n) is 2.63. The average molecular weight is 498 g/mol. The molecule has 0 spiro atoms. The van der Waals surface area contributed by atoms with Gasteiger partial charge in [-0.2, -0.15) is 0 Å². The van der Waals surface area contributed by atoms with Gasteiger partial charge in [-0.3, -0.25) is 9.79 Å². The van der Waals surface area contributed by atoms with E-state index in [-0.39, 0.29) is 29.9 Å². The van der Waals surface area contributed by atoms with E-state index in [2.05, 4.69) is 41.7 Å². The molecule has 0 saturated carbocycles. The largest absolute Gasteiger partial charge is 0.459 e. The number of benzene rings is 1. The summed E-state index contributed by atoms with van der Waals surface area (Å²) in [5.41, 5.74) is 1.77.